The van der Waals surface area contributed by atoms with Crippen molar-refractivity contribution < 1.29 is 0 Å². The second-order valence-corrected chi connectivity index (χ2v) is 6.39. The Labute approximate surface area is 124 Å². The number of nitrogens with one attached hydrogen (secondary N) is 1. The van der Waals surface area contributed by atoms with Crippen LogP contribution in [0, 0.1) is 5.92 Å². The van der Waals surface area contributed by atoms with Crippen LogP contribution in [0.15, 0.2) is 0 Å². The van der Waals surface area contributed by atoms with Gasteiger partial charge >= 0.3 is 0 Å². The number of rotatable bonds is 5. The lowest BCUT2D eigenvalue weighted by Gasteiger charge is -2.28. The van der Waals surface area contributed by atoms with E-state index in [1.165, 1.54) is 42.6 Å². The van der Waals surface area contributed by atoms with Crippen LogP contribution < -0.4 is 5.32 Å². The van der Waals surface area contributed by atoms with Crippen LogP contribution in [0.4, 0.5) is 0 Å². The first kappa shape index (κ1) is 15.6. The fraction of sp³-hybridized carbons (Fsp3) is 0.824. The molecule has 1 aliphatic carbocycles. The van der Waals surface area contributed by atoms with Crippen LogP contribution in [0.5, 0.6) is 0 Å². The summed E-state index contributed by atoms with van der Waals surface area (Å²) in [5.41, 5.74) is 4.21. The topological polar surface area (TPSA) is 29.9 Å². The van der Waals surface area contributed by atoms with Crippen LogP contribution in [0.25, 0.3) is 0 Å². The number of nitrogens with zero attached hydrogens (tertiary/aromatic N) is 2. The van der Waals surface area contributed by atoms with Gasteiger partial charge in [-0.1, -0.05) is 33.6 Å². The molecule has 3 nitrogen and oxygen atoms in total. The Kier molecular flexibility index (Phi) is 5.25. The summed E-state index contributed by atoms with van der Waals surface area (Å²) in [6, 6.07) is 1.02. The fourth-order valence-electron chi connectivity index (χ4n) is 3.72. The van der Waals surface area contributed by atoms with Gasteiger partial charge in [0.2, 0.25) is 0 Å². The summed E-state index contributed by atoms with van der Waals surface area (Å²) in [7, 11) is 2.05. The van der Waals surface area contributed by atoms with Crippen molar-refractivity contribution in [2.75, 3.05) is 7.05 Å². The fourth-order valence-corrected chi connectivity index (χ4v) is 3.72. The summed E-state index contributed by atoms with van der Waals surface area (Å²) < 4.78 is 2.39. The van der Waals surface area contributed by atoms with Gasteiger partial charge in [-0.25, -0.2) is 0 Å². The monoisotopic (exact) mass is 277 g/mol. The van der Waals surface area contributed by atoms with Crippen molar-refractivity contribution in [1.82, 2.24) is 15.1 Å². The molecule has 1 saturated carbocycles. The van der Waals surface area contributed by atoms with E-state index in [-0.39, 0.29) is 0 Å². The van der Waals surface area contributed by atoms with Gasteiger partial charge in [-0.05, 0) is 45.6 Å². The lowest BCUT2D eigenvalue weighted by molar-refractivity contribution is 0.261. The molecule has 0 radical (unpaired) electrons. The molecule has 0 aliphatic heterocycles. The Balaban J connectivity index is 2.39. The van der Waals surface area contributed by atoms with Crippen LogP contribution >= 0.6 is 0 Å². The summed E-state index contributed by atoms with van der Waals surface area (Å²) in [4.78, 5) is 0. The first-order valence-electron chi connectivity index (χ1n) is 8.39. The highest BCUT2D eigenvalue weighted by Crippen LogP contribution is 2.35. The average molecular weight is 277 g/mol. The second-order valence-electron chi connectivity index (χ2n) is 6.39. The van der Waals surface area contributed by atoms with Gasteiger partial charge in [0.25, 0.3) is 0 Å². The van der Waals surface area contributed by atoms with Crippen LogP contribution in [0.1, 0.15) is 82.4 Å². The highest BCUT2D eigenvalue weighted by Gasteiger charge is 2.26. The Hall–Kier alpha value is -0.830. The van der Waals surface area contributed by atoms with E-state index >= 15 is 0 Å². The molecule has 0 bridgehead atoms. The molecule has 3 heteroatoms. The van der Waals surface area contributed by atoms with Crippen molar-refractivity contribution >= 4 is 0 Å². The Morgan fingerprint density at radius 2 is 2.05 bits per heavy atom. The van der Waals surface area contributed by atoms with Gasteiger partial charge in [0.15, 0.2) is 0 Å². The molecule has 1 aromatic rings. The second kappa shape index (κ2) is 6.75. The molecular weight excluding hydrogens is 246 g/mol. The molecule has 114 valence electrons. The van der Waals surface area contributed by atoms with Crippen molar-refractivity contribution in [1.29, 1.82) is 0 Å². The number of hydrogen-bond donors (Lipinski definition) is 1. The van der Waals surface area contributed by atoms with Crippen LogP contribution in [0.3, 0.4) is 0 Å². The minimum Gasteiger partial charge on any atom is -0.313 e. The maximum atomic E-state index is 5.00. The van der Waals surface area contributed by atoms with Gasteiger partial charge in [0.05, 0.1) is 11.7 Å². The number of hydrogen-bond acceptors (Lipinski definition) is 2. The minimum atomic E-state index is 0.398. The smallest absolute Gasteiger partial charge is 0.0672 e. The first-order valence-corrected chi connectivity index (χ1v) is 8.39. The lowest BCUT2D eigenvalue weighted by Crippen LogP contribution is -2.21. The van der Waals surface area contributed by atoms with Gasteiger partial charge in [-0.15, -0.1) is 0 Å². The SMILES string of the molecule is CCc1nn(C2CCCC(C)C2)c(CC)c1C(C)NC. The average Bonchev–Trinajstić information content (AvgIpc) is 2.85. The maximum Gasteiger partial charge on any atom is 0.0672 e. The third kappa shape index (κ3) is 2.93. The van der Waals surface area contributed by atoms with E-state index in [0.29, 0.717) is 12.1 Å². The molecule has 1 heterocycles. The maximum absolute atomic E-state index is 5.00. The van der Waals surface area contributed by atoms with Gasteiger partial charge in [0, 0.05) is 17.3 Å². The Bertz CT molecular complexity index is 436. The van der Waals surface area contributed by atoms with Crippen molar-refractivity contribution in [3.8, 4) is 0 Å². The molecule has 0 amide bonds. The zero-order valence-electron chi connectivity index (χ0n) is 13.9. The predicted molar refractivity (Wildman–Crippen MR) is 85.1 cm³/mol. The van der Waals surface area contributed by atoms with Gasteiger partial charge in [-0.3, -0.25) is 4.68 Å². The third-order valence-electron chi connectivity index (χ3n) is 4.92. The molecule has 20 heavy (non-hydrogen) atoms. The summed E-state index contributed by atoms with van der Waals surface area (Å²) in [5.74, 6) is 0.845. The number of aromatic nitrogens is 2. The van der Waals surface area contributed by atoms with E-state index in [1.54, 1.807) is 0 Å². The standard InChI is InChI=1S/C17H31N3/c1-6-15-17(13(4)18-5)16(7-2)20(19-15)14-10-8-9-12(3)11-14/h12-14,18H,6-11H2,1-5H3. The van der Waals surface area contributed by atoms with Crippen LogP contribution in [-0.2, 0) is 12.8 Å². The largest absolute Gasteiger partial charge is 0.313 e. The highest BCUT2D eigenvalue weighted by molar-refractivity contribution is 5.30. The van der Waals surface area contributed by atoms with Crippen molar-refractivity contribution in [3.05, 3.63) is 17.0 Å². The quantitative estimate of drug-likeness (QED) is 0.880. The summed E-state index contributed by atoms with van der Waals surface area (Å²) in [5, 5.41) is 8.41. The molecule has 3 unspecified atom stereocenters. The predicted octanol–water partition coefficient (Wildman–Crippen LogP) is 4.04. The van der Waals surface area contributed by atoms with E-state index in [4.69, 9.17) is 5.10 Å². The molecule has 0 aromatic carbocycles. The summed E-state index contributed by atoms with van der Waals surface area (Å²) >= 11 is 0. The lowest BCUT2D eigenvalue weighted by atomic mass is 9.87. The van der Waals surface area contributed by atoms with E-state index in [2.05, 4.69) is 37.7 Å². The van der Waals surface area contributed by atoms with Crippen LogP contribution in [0.2, 0.25) is 0 Å². The normalized spacial score (nSPS) is 24.9. The Morgan fingerprint density at radius 1 is 1.30 bits per heavy atom. The molecule has 3 atom stereocenters. The highest BCUT2D eigenvalue weighted by atomic mass is 15.3. The zero-order valence-corrected chi connectivity index (χ0v) is 13.9. The Morgan fingerprint density at radius 3 is 2.60 bits per heavy atom. The van der Waals surface area contributed by atoms with E-state index in [9.17, 15) is 0 Å². The molecule has 1 fully saturated rings. The van der Waals surface area contributed by atoms with E-state index in [0.717, 1.165) is 18.8 Å². The molecule has 1 N–H and O–H groups in total. The van der Waals surface area contributed by atoms with Crippen molar-refractivity contribution in [2.24, 2.45) is 5.92 Å². The molecule has 2 rings (SSSR count). The molecule has 1 aliphatic rings. The van der Waals surface area contributed by atoms with Crippen molar-refractivity contribution in [3.63, 3.8) is 0 Å². The molecular formula is C17H31N3. The minimum absolute atomic E-state index is 0.398. The zero-order chi connectivity index (χ0) is 14.7. The molecule has 0 saturated heterocycles. The summed E-state index contributed by atoms with van der Waals surface area (Å²) in [6.45, 7) is 9.13. The number of aryl methyl sites for hydroxylation is 1. The van der Waals surface area contributed by atoms with Crippen LogP contribution in [-0.4, -0.2) is 16.8 Å². The van der Waals surface area contributed by atoms with Gasteiger partial charge < -0.3 is 5.32 Å². The van der Waals surface area contributed by atoms with Gasteiger partial charge in [-0.2, -0.15) is 5.10 Å². The van der Waals surface area contributed by atoms with Gasteiger partial charge in [0.1, 0.15) is 0 Å². The first-order chi connectivity index (χ1) is 9.62. The van der Waals surface area contributed by atoms with E-state index < -0.39 is 0 Å². The third-order valence-corrected chi connectivity index (χ3v) is 4.92. The van der Waals surface area contributed by atoms with E-state index in [1.807, 2.05) is 7.05 Å². The van der Waals surface area contributed by atoms with Crippen molar-refractivity contribution in [2.45, 2.75) is 78.3 Å². The molecule has 0 spiro atoms. The molecule has 1 aromatic heterocycles. The summed E-state index contributed by atoms with van der Waals surface area (Å²) in [6.07, 6.45) is 7.45.